The van der Waals surface area contributed by atoms with Gasteiger partial charge in [-0.3, -0.25) is 9.59 Å². The van der Waals surface area contributed by atoms with Crippen molar-refractivity contribution >= 4 is 35.0 Å². The number of nitrogens with zero attached hydrogens (tertiary/aromatic N) is 2. The lowest BCUT2D eigenvalue weighted by molar-refractivity contribution is -0.161. The van der Waals surface area contributed by atoms with Gasteiger partial charge in [0.15, 0.2) is 0 Å². The molecule has 3 heterocycles. The van der Waals surface area contributed by atoms with Gasteiger partial charge in [-0.15, -0.1) is 0 Å². The number of carbonyl (C=O) groups excluding carboxylic acids is 2. The molecule has 0 aromatic heterocycles. The number of piperidine rings is 1. The second kappa shape index (κ2) is 6.34. The van der Waals surface area contributed by atoms with E-state index in [1.807, 2.05) is 0 Å². The molecule has 1 aromatic carbocycles. The number of benzene rings is 1. The summed E-state index contributed by atoms with van der Waals surface area (Å²) in [6.45, 7) is 2.16. The average Bonchev–Trinajstić information content (AvgIpc) is 2.53. The van der Waals surface area contributed by atoms with Crippen LogP contribution in [0.5, 0.6) is 5.75 Å². The number of hydrogen-bond acceptors (Lipinski definition) is 4. The summed E-state index contributed by atoms with van der Waals surface area (Å²) >= 11 is 12.0. The van der Waals surface area contributed by atoms with E-state index in [2.05, 4.69) is 5.32 Å². The fourth-order valence-corrected chi connectivity index (χ4v) is 4.30. The zero-order valence-corrected chi connectivity index (χ0v) is 15.1. The Morgan fingerprint density at radius 3 is 2.52 bits per heavy atom. The number of halogens is 2. The first-order valence-electron chi connectivity index (χ1n) is 8.44. The van der Waals surface area contributed by atoms with Crippen molar-refractivity contribution in [1.29, 1.82) is 0 Å². The minimum Gasteiger partial charge on any atom is -0.508 e. The van der Waals surface area contributed by atoms with Gasteiger partial charge in [-0.1, -0.05) is 23.2 Å². The third-order valence-electron chi connectivity index (χ3n) is 5.51. The molecule has 0 saturated carbocycles. The zero-order chi connectivity index (χ0) is 17.7. The van der Waals surface area contributed by atoms with E-state index in [0.29, 0.717) is 35.0 Å². The third-order valence-corrected chi connectivity index (χ3v) is 6.23. The van der Waals surface area contributed by atoms with Crippen molar-refractivity contribution in [1.82, 2.24) is 15.1 Å². The number of aromatic hydroxyl groups is 1. The van der Waals surface area contributed by atoms with Crippen molar-refractivity contribution in [3.8, 4) is 5.75 Å². The molecule has 4 rings (SSSR count). The van der Waals surface area contributed by atoms with Crippen molar-refractivity contribution in [3.05, 3.63) is 27.7 Å². The molecule has 3 aliphatic heterocycles. The number of nitrogens with one attached hydrogen (secondary N) is 1. The highest BCUT2D eigenvalue weighted by Crippen LogP contribution is 2.41. The predicted molar refractivity (Wildman–Crippen MR) is 94.0 cm³/mol. The largest absolute Gasteiger partial charge is 0.508 e. The summed E-state index contributed by atoms with van der Waals surface area (Å²) in [5.41, 5.74) is 0.691. The summed E-state index contributed by atoms with van der Waals surface area (Å²) < 4.78 is 0. The highest BCUT2D eigenvalue weighted by Gasteiger charge is 2.46. The Morgan fingerprint density at radius 2 is 1.84 bits per heavy atom. The first-order chi connectivity index (χ1) is 12.0. The number of amides is 2. The second-order valence-electron chi connectivity index (χ2n) is 6.93. The molecule has 3 saturated heterocycles. The highest BCUT2D eigenvalue weighted by molar-refractivity contribution is 6.42. The van der Waals surface area contributed by atoms with Gasteiger partial charge in [-0.2, -0.15) is 0 Å². The number of phenolic OH excluding ortho intramolecular Hbond substituents is 1. The molecule has 0 spiro atoms. The molecule has 8 heteroatoms. The molecule has 3 aliphatic rings. The summed E-state index contributed by atoms with van der Waals surface area (Å²) in [5, 5.41) is 14.1. The van der Waals surface area contributed by atoms with E-state index in [1.54, 1.807) is 15.9 Å². The molecule has 25 heavy (non-hydrogen) atoms. The molecular formula is C17H19Cl2N3O3. The van der Waals surface area contributed by atoms with Gasteiger partial charge in [0.1, 0.15) is 18.3 Å². The van der Waals surface area contributed by atoms with Crippen molar-refractivity contribution in [2.45, 2.75) is 30.8 Å². The van der Waals surface area contributed by atoms with E-state index in [0.717, 1.165) is 13.1 Å². The Labute approximate surface area is 155 Å². The molecule has 2 atom stereocenters. The summed E-state index contributed by atoms with van der Waals surface area (Å²) in [5.74, 6) is 0.0679. The van der Waals surface area contributed by atoms with Crippen LogP contribution in [-0.2, 0) is 9.59 Å². The molecule has 3 fully saturated rings. The number of phenols is 1. The summed E-state index contributed by atoms with van der Waals surface area (Å²) in [6, 6.07) is 2.75. The molecule has 2 amide bonds. The molecule has 0 unspecified atom stereocenters. The van der Waals surface area contributed by atoms with Gasteiger partial charge in [0, 0.05) is 25.7 Å². The van der Waals surface area contributed by atoms with Gasteiger partial charge in [-0.25, -0.2) is 0 Å². The van der Waals surface area contributed by atoms with Crippen molar-refractivity contribution in [3.63, 3.8) is 0 Å². The van der Waals surface area contributed by atoms with Crippen molar-refractivity contribution in [2.75, 3.05) is 26.2 Å². The molecule has 1 aromatic rings. The summed E-state index contributed by atoms with van der Waals surface area (Å²) in [6.07, 6.45) is 1.18. The van der Waals surface area contributed by atoms with Gasteiger partial charge < -0.3 is 20.2 Å². The summed E-state index contributed by atoms with van der Waals surface area (Å²) in [4.78, 5) is 28.8. The fourth-order valence-electron chi connectivity index (χ4n) is 3.97. The maximum Gasteiger partial charge on any atom is 0.246 e. The lowest BCUT2D eigenvalue weighted by Gasteiger charge is -2.49. The lowest BCUT2D eigenvalue weighted by Crippen LogP contribution is -2.69. The van der Waals surface area contributed by atoms with Crippen LogP contribution in [0.3, 0.4) is 0 Å². The van der Waals surface area contributed by atoms with Gasteiger partial charge in [-0.05, 0) is 30.4 Å². The fraction of sp³-hybridized carbons (Fsp3) is 0.529. The SMILES string of the molecule is O=C1[C@@H]2C[C@H](c3cc(Cl)c(Cl)cc3O)CCN2C(=O)CN1C1CNC1. The van der Waals surface area contributed by atoms with Crippen LogP contribution in [0.15, 0.2) is 12.1 Å². The average molecular weight is 384 g/mol. The van der Waals surface area contributed by atoms with Crippen LogP contribution in [0.25, 0.3) is 0 Å². The first-order valence-corrected chi connectivity index (χ1v) is 9.20. The minimum absolute atomic E-state index is 0.00769. The van der Waals surface area contributed by atoms with Gasteiger partial charge in [0.05, 0.1) is 16.1 Å². The standard InChI is InChI=1S/C17H19Cl2N3O3/c18-12-4-11(15(23)5-13(12)19)9-1-2-21-14(3-9)17(25)22(8-16(21)24)10-6-20-7-10/h4-5,9-10,14,20,23H,1-3,6-8H2/t9-,14+/m1/s1. The van der Waals surface area contributed by atoms with Gasteiger partial charge in [0.25, 0.3) is 0 Å². The maximum atomic E-state index is 12.9. The first kappa shape index (κ1) is 16.9. The van der Waals surface area contributed by atoms with E-state index < -0.39 is 6.04 Å². The molecule has 0 aliphatic carbocycles. The van der Waals surface area contributed by atoms with Crippen LogP contribution in [0, 0.1) is 0 Å². The summed E-state index contributed by atoms with van der Waals surface area (Å²) in [7, 11) is 0. The topological polar surface area (TPSA) is 72.9 Å². The lowest BCUT2D eigenvalue weighted by atomic mass is 9.83. The van der Waals surface area contributed by atoms with Gasteiger partial charge >= 0.3 is 0 Å². The molecule has 134 valence electrons. The smallest absolute Gasteiger partial charge is 0.246 e. The molecule has 2 N–H and O–H groups in total. The van der Waals surface area contributed by atoms with Crippen LogP contribution in [0.4, 0.5) is 0 Å². The van der Waals surface area contributed by atoms with E-state index >= 15 is 0 Å². The third kappa shape index (κ3) is 2.86. The number of fused-ring (bicyclic) bond motifs is 1. The number of rotatable bonds is 2. The number of carbonyl (C=O) groups is 2. The molecule has 0 bridgehead atoms. The predicted octanol–water partition coefficient (Wildman–Crippen LogP) is 1.59. The Kier molecular flexibility index (Phi) is 4.30. The van der Waals surface area contributed by atoms with Gasteiger partial charge in [0.2, 0.25) is 11.8 Å². The molecule has 6 nitrogen and oxygen atoms in total. The Balaban J connectivity index is 1.59. The number of hydrogen-bond donors (Lipinski definition) is 2. The minimum atomic E-state index is -0.463. The Morgan fingerprint density at radius 1 is 1.12 bits per heavy atom. The van der Waals surface area contributed by atoms with E-state index in [9.17, 15) is 14.7 Å². The number of piperazine rings is 1. The van der Waals surface area contributed by atoms with Crippen molar-refractivity contribution in [2.24, 2.45) is 0 Å². The Bertz CT molecular complexity index is 738. The monoisotopic (exact) mass is 383 g/mol. The van der Waals surface area contributed by atoms with Crippen molar-refractivity contribution < 1.29 is 14.7 Å². The highest BCUT2D eigenvalue weighted by atomic mass is 35.5. The van der Waals surface area contributed by atoms with E-state index in [-0.39, 0.29) is 36.1 Å². The van der Waals surface area contributed by atoms with Crippen LogP contribution >= 0.6 is 23.2 Å². The van der Waals surface area contributed by atoms with Crippen LogP contribution in [0.2, 0.25) is 10.0 Å². The Hall–Kier alpha value is -1.50. The van der Waals surface area contributed by atoms with E-state index in [1.165, 1.54) is 6.07 Å². The van der Waals surface area contributed by atoms with Crippen LogP contribution in [-0.4, -0.2) is 65.0 Å². The van der Waals surface area contributed by atoms with Crippen LogP contribution in [0.1, 0.15) is 24.3 Å². The quantitative estimate of drug-likeness (QED) is 0.813. The zero-order valence-electron chi connectivity index (χ0n) is 13.5. The maximum absolute atomic E-state index is 12.9. The molecular weight excluding hydrogens is 365 g/mol. The second-order valence-corrected chi connectivity index (χ2v) is 7.74. The van der Waals surface area contributed by atoms with Crippen LogP contribution < -0.4 is 5.32 Å². The molecule has 0 radical (unpaired) electrons. The van der Waals surface area contributed by atoms with E-state index in [4.69, 9.17) is 23.2 Å². The normalized spacial score (nSPS) is 27.3.